The molecule has 0 atom stereocenters. The van der Waals surface area contributed by atoms with Crippen molar-refractivity contribution in [2.75, 3.05) is 26.2 Å². The number of hydrogen-bond acceptors (Lipinski definition) is 7. The van der Waals surface area contributed by atoms with Gasteiger partial charge in [-0.15, -0.1) is 5.10 Å². The van der Waals surface area contributed by atoms with Gasteiger partial charge in [-0.3, -0.25) is 14.5 Å². The second-order valence-electron chi connectivity index (χ2n) is 9.85. The zero-order valence-electron chi connectivity index (χ0n) is 21.4. The van der Waals surface area contributed by atoms with Crippen molar-refractivity contribution >= 4 is 23.3 Å². The molecule has 2 N–H and O–H groups in total. The summed E-state index contributed by atoms with van der Waals surface area (Å²) in [7, 11) is 0. The van der Waals surface area contributed by atoms with Crippen LogP contribution in [0.2, 0.25) is 0 Å². The highest BCUT2D eigenvalue weighted by molar-refractivity contribution is 7.05. The molecule has 2 amide bonds. The summed E-state index contributed by atoms with van der Waals surface area (Å²) >= 11 is 1.32. The molecule has 192 valence electrons. The molecule has 0 radical (unpaired) electrons. The van der Waals surface area contributed by atoms with E-state index in [4.69, 9.17) is 4.74 Å². The maximum absolute atomic E-state index is 13.4. The second kappa shape index (κ2) is 13.5. The zero-order chi connectivity index (χ0) is 25.2. The van der Waals surface area contributed by atoms with Gasteiger partial charge in [0, 0.05) is 24.2 Å². The Balaban J connectivity index is 1.86. The Labute approximate surface area is 213 Å². The number of amides is 2. The Morgan fingerprint density at radius 3 is 2.80 bits per heavy atom. The van der Waals surface area contributed by atoms with Crippen molar-refractivity contribution in [2.24, 2.45) is 5.92 Å². The third-order valence-corrected chi connectivity index (χ3v) is 6.83. The fourth-order valence-electron chi connectivity index (χ4n) is 4.06. The van der Waals surface area contributed by atoms with E-state index in [0.29, 0.717) is 50.0 Å². The average molecular weight is 502 g/mol. The molecule has 1 aromatic carbocycles. The minimum Gasteiger partial charge on any atom is -0.493 e. The van der Waals surface area contributed by atoms with E-state index in [-0.39, 0.29) is 17.7 Å². The summed E-state index contributed by atoms with van der Waals surface area (Å²) in [5.41, 5.74) is 2.33. The van der Waals surface area contributed by atoms with Crippen LogP contribution in [0.4, 0.5) is 0 Å². The Morgan fingerprint density at radius 1 is 1.20 bits per heavy atom. The monoisotopic (exact) mass is 501 g/mol. The van der Waals surface area contributed by atoms with E-state index in [1.807, 2.05) is 18.2 Å². The molecule has 0 fully saturated rings. The number of hydrogen-bond donors (Lipinski definition) is 2. The smallest absolute Gasteiger partial charge is 0.252 e. The van der Waals surface area contributed by atoms with Gasteiger partial charge in [-0.25, -0.2) is 0 Å². The van der Waals surface area contributed by atoms with Crippen molar-refractivity contribution in [3.8, 4) is 5.75 Å². The molecule has 1 aliphatic rings. The molecule has 0 saturated heterocycles. The second-order valence-corrected chi connectivity index (χ2v) is 10.7. The highest BCUT2D eigenvalue weighted by Gasteiger charge is 2.21. The first-order valence-electron chi connectivity index (χ1n) is 12.7. The van der Waals surface area contributed by atoms with Crippen LogP contribution in [0.5, 0.6) is 5.75 Å². The highest BCUT2D eigenvalue weighted by atomic mass is 32.1. The Morgan fingerprint density at radius 2 is 2.03 bits per heavy atom. The zero-order valence-corrected chi connectivity index (χ0v) is 22.2. The van der Waals surface area contributed by atoms with Crippen LogP contribution in [0, 0.1) is 5.92 Å². The SMILES string of the molecule is CC(C)CCN1CC(=O)NCCCCCOc2cccc(C(=O)NCc3snnc3C(C)C)c2C1. The number of benzene rings is 1. The predicted octanol–water partition coefficient (Wildman–Crippen LogP) is 4.12. The minimum atomic E-state index is -0.161. The molecule has 3 rings (SSSR count). The molecule has 0 spiro atoms. The lowest BCUT2D eigenvalue weighted by molar-refractivity contribution is -0.122. The van der Waals surface area contributed by atoms with Gasteiger partial charge in [0.05, 0.1) is 30.3 Å². The summed E-state index contributed by atoms with van der Waals surface area (Å²) in [6.07, 6.45) is 3.78. The van der Waals surface area contributed by atoms with Crippen molar-refractivity contribution in [2.45, 2.75) is 72.4 Å². The standard InChI is InChI=1S/C26H39N5O3S/c1-18(2)11-13-31-16-21-20(26(33)28-15-23-25(19(3)4)29-30-35-23)9-8-10-22(21)34-14-7-5-6-12-27-24(32)17-31/h8-10,18-19H,5-7,11-17H2,1-4H3,(H,27,32)(H,28,33). The van der Waals surface area contributed by atoms with Crippen molar-refractivity contribution < 1.29 is 14.3 Å². The van der Waals surface area contributed by atoms with Gasteiger partial charge in [-0.05, 0) is 67.7 Å². The van der Waals surface area contributed by atoms with Crippen LogP contribution < -0.4 is 15.4 Å². The Bertz CT molecular complexity index is 976. The molecule has 8 nitrogen and oxygen atoms in total. The summed E-state index contributed by atoms with van der Waals surface area (Å²) in [5, 5.41) is 10.3. The molecular weight excluding hydrogens is 462 g/mol. The van der Waals surface area contributed by atoms with Gasteiger partial charge >= 0.3 is 0 Å². The van der Waals surface area contributed by atoms with Gasteiger partial charge in [0.15, 0.2) is 0 Å². The van der Waals surface area contributed by atoms with Crippen molar-refractivity contribution in [1.82, 2.24) is 25.1 Å². The van der Waals surface area contributed by atoms with Gasteiger partial charge in [-0.2, -0.15) is 0 Å². The first-order valence-corrected chi connectivity index (χ1v) is 13.5. The average Bonchev–Trinajstić information content (AvgIpc) is 3.30. The van der Waals surface area contributed by atoms with Crippen LogP contribution in [0.3, 0.4) is 0 Å². The molecule has 0 aliphatic carbocycles. The lowest BCUT2D eigenvalue weighted by atomic mass is 10.0. The van der Waals surface area contributed by atoms with E-state index in [1.165, 1.54) is 11.5 Å². The van der Waals surface area contributed by atoms with Crippen LogP contribution in [-0.4, -0.2) is 52.5 Å². The molecule has 2 aromatic rings. The number of aromatic nitrogens is 2. The molecular formula is C26H39N5O3S. The number of carbonyl (C=O) groups is 2. The van der Waals surface area contributed by atoms with Gasteiger partial charge < -0.3 is 15.4 Å². The quantitative estimate of drug-likeness (QED) is 0.593. The minimum absolute atomic E-state index is 0.0244. The fraction of sp³-hybridized carbons (Fsp3) is 0.615. The van der Waals surface area contributed by atoms with Crippen molar-refractivity contribution in [1.29, 1.82) is 0 Å². The predicted molar refractivity (Wildman–Crippen MR) is 139 cm³/mol. The van der Waals surface area contributed by atoms with Gasteiger partial charge in [0.1, 0.15) is 5.75 Å². The number of nitrogens with one attached hydrogen (secondary N) is 2. The molecule has 0 saturated carbocycles. The van der Waals surface area contributed by atoms with Crippen LogP contribution in [-0.2, 0) is 17.9 Å². The van der Waals surface area contributed by atoms with E-state index < -0.39 is 0 Å². The first kappa shape index (κ1) is 27.1. The van der Waals surface area contributed by atoms with Crippen LogP contribution in [0.1, 0.15) is 85.8 Å². The maximum Gasteiger partial charge on any atom is 0.252 e. The molecule has 0 unspecified atom stereocenters. The summed E-state index contributed by atoms with van der Waals surface area (Å²) in [4.78, 5) is 29.1. The number of carbonyl (C=O) groups excluding carboxylic acids is 2. The van der Waals surface area contributed by atoms with Crippen LogP contribution >= 0.6 is 11.5 Å². The number of ether oxygens (including phenoxy) is 1. The molecule has 1 aromatic heterocycles. The Hall–Kier alpha value is -2.52. The normalized spacial score (nSPS) is 16.0. The molecule has 1 aliphatic heterocycles. The van der Waals surface area contributed by atoms with Gasteiger partial charge in [0.25, 0.3) is 5.91 Å². The summed E-state index contributed by atoms with van der Waals surface area (Å²) in [6.45, 7) is 11.7. The first-order chi connectivity index (χ1) is 16.8. The third-order valence-electron chi connectivity index (χ3n) is 6.09. The largest absolute Gasteiger partial charge is 0.493 e. The number of rotatable bonds is 7. The maximum atomic E-state index is 13.4. The topological polar surface area (TPSA) is 96.5 Å². The highest BCUT2D eigenvalue weighted by Crippen LogP contribution is 2.26. The third kappa shape index (κ3) is 8.28. The summed E-state index contributed by atoms with van der Waals surface area (Å²) in [5.74, 6) is 1.34. The van der Waals surface area contributed by atoms with Crippen LogP contribution in [0.15, 0.2) is 18.2 Å². The van der Waals surface area contributed by atoms with Crippen LogP contribution in [0.25, 0.3) is 0 Å². The van der Waals surface area contributed by atoms with E-state index in [0.717, 1.165) is 48.4 Å². The molecule has 2 heterocycles. The molecule has 0 bridgehead atoms. The Kier molecular flexibility index (Phi) is 10.5. The van der Waals surface area contributed by atoms with Gasteiger partial charge in [0.2, 0.25) is 5.91 Å². The van der Waals surface area contributed by atoms with E-state index in [1.54, 1.807) is 0 Å². The van der Waals surface area contributed by atoms with Gasteiger partial charge in [-0.1, -0.05) is 38.2 Å². The number of fused-ring (bicyclic) bond motifs is 1. The van der Waals surface area contributed by atoms with Crippen molar-refractivity contribution in [3.05, 3.63) is 39.9 Å². The lowest BCUT2D eigenvalue weighted by Crippen LogP contribution is -2.38. The van der Waals surface area contributed by atoms with E-state index in [9.17, 15) is 9.59 Å². The summed E-state index contributed by atoms with van der Waals surface area (Å²) in [6, 6.07) is 5.63. The summed E-state index contributed by atoms with van der Waals surface area (Å²) < 4.78 is 10.2. The number of nitrogens with zero attached hydrogens (tertiary/aromatic N) is 3. The van der Waals surface area contributed by atoms with E-state index >= 15 is 0 Å². The van der Waals surface area contributed by atoms with Crippen molar-refractivity contribution in [3.63, 3.8) is 0 Å². The van der Waals surface area contributed by atoms with E-state index in [2.05, 4.69) is 52.8 Å². The lowest BCUT2D eigenvalue weighted by Gasteiger charge is -2.25. The fourth-order valence-corrected chi connectivity index (χ4v) is 4.79. The molecule has 9 heteroatoms. The molecule has 35 heavy (non-hydrogen) atoms.